The third kappa shape index (κ3) is 3.79. The molecule has 5 heterocycles. The van der Waals surface area contributed by atoms with Gasteiger partial charge in [0.2, 0.25) is 11.8 Å². The van der Waals surface area contributed by atoms with Gasteiger partial charge in [-0.05, 0) is 60.6 Å². The van der Waals surface area contributed by atoms with Gasteiger partial charge in [0.25, 0.3) is 0 Å². The van der Waals surface area contributed by atoms with Crippen LogP contribution in [0.15, 0.2) is 48.9 Å². The SMILES string of the molecule is CCc1c(-c2ccc3nccn3c2)[nH]c2ccc(C3CCN(C(=O)C4CC(=O)N(C)C4)CC3)cc12. The first kappa shape index (κ1) is 21.9. The third-order valence-electron chi connectivity index (χ3n) is 7.93. The predicted octanol–water partition coefficient (Wildman–Crippen LogP) is 4.23. The second kappa shape index (κ2) is 8.56. The molecule has 2 amide bonds. The molecule has 180 valence electrons. The fourth-order valence-electron chi connectivity index (χ4n) is 5.92. The minimum absolute atomic E-state index is 0.0779. The maximum absolute atomic E-state index is 12.9. The average molecular weight is 470 g/mol. The number of nitrogens with zero attached hydrogens (tertiary/aromatic N) is 4. The lowest BCUT2D eigenvalue weighted by molar-refractivity contribution is -0.136. The van der Waals surface area contributed by atoms with Gasteiger partial charge in [-0.25, -0.2) is 4.98 Å². The topological polar surface area (TPSA) is 73.7 Å². The van der Waals surface area contributed by atoms with E-state index in [0.29, 0.717) is 18.9 Å². The quantitative estimate of drug-likeness (QED) is 0.486. The van der Waals surface area contributed by atoms with E-state index in [1.807, 2.05) is 17.3 Å². The van der Waals surface area contributed by atoms with E-state index < -0.39 is 0 Å². The predicted molar refractivity (Wildman–Crippen MR) is 136 cm³/mol. The molecule has 2 aliphatic rings. The van der Waals surface area contributed by atoms with Gasteiger partial charge in [0, 0.05) is 68.2 Å². The molecule has 35 heavy (non-hydrogen) atoms. The maximum Gasteiger partial charge on any atom is 0.227 e. The standard InChI is InChI=1S/C28H31N5O2/c1-3-22-23-14-19(18-8-11-32(12-9-18)28(35)21-15-26(34)31(2)16-21)4-6-24(23)30-27(22)20-5-7-25-29-10-13-33(25)17-20/h4-7,10,13-14,17-18,21,30H,3,8-9,11-12,15-16H2,1-2H3. The smallest absolute Gasteiger partial charge is 0.227 e. The summed E-state index contributed by atoms with van der Waals surface area (Å²) in [5.74, 6) is 0.498. The number of pyridine rings is 1. The largest absolute Gasteiger partial charge is 0.354 e. The molecule has 0 spiro atoms. The van der Waals surface area contributed by atoms with Crippen LogP contribution in [0.3, 0.4) is 0 Å². The number of piperidine rings is 1. The molecule has 0 radical (unpaired) electrons. The summed E-state index contributed by atoms with van der Waals surface area (Å²) in [7, 11) is 1.78. The van der Waals surface area contributed by atoms with E-state index in [1.165, 1.54) is 22.2 Å². The van der Waals surface area contributed by atoms with Crippen LogP contribution in [0.25, 0.3) is 27.8 Å². The molecule has 0 aliphatic carbocycles. The molecule has 1 atom stereocenters. The Kier molecular flexibility index (Phi) is 5.35. The van der Waals surface area contributed by atoms with Crippen molar-refractivity contribution in [3.05, 3.63) is 60.0 Å². The Morgan fingerprint density at radius 2 is 2.00 bits per heavy atom. The lowest BCUT2D eigenvalue weighted by Crippen LogP contribution is -2.42. The summed E-state index contributed by atoms with van der Waals surface area (Å²) in [5.41, 5.74) is 7.13. The number of hydrogen-bond donors (Lipinski definition) is 1. The summed E-state index contributed by atoms with van der Waals surface area (Å²) in [5, 5.41) is 1.29. The molecule has 1 unspecified atom stereocenters. The first-order valence-electron chi connectivity index (χ1n) is 12.6. The Balaban J connectivity index is 1.22. The average Bonchev–Trinajstić information content (AvgIpc) is 3.59. The van der Waals surface area contributed by atoms with Crippen LogP contribution < -0.4 is 0 Å². The summed E-state index contributed by atoms with van der Waals surface area (Å²) in [6, 6.07) is 11.0. The van der Waals surface area contributed by atoms with Gasteiger partial charge in [0.05, 0.1) is 11.6 Å². The molecule has 4 aromatic rings. The van der Waals surface area contributed by atoms with Crippen molar-refractivity contribution < 1.29 is 9.59 Å². The van der Waals surface area contributed by atoms with E-state index in [4.69, 9.17) is 0 Å². The number of likely N-dealkylation sites (tertiary alicyclic amines) is 2. The van der Waals surface area contributed by atoms with E-state index in [9.17, 15) is 9.59 Å². The number of nitrogens with one attached hydrogen (secondary N) is 1. The molecule has 1 aromatic carbocycles. The molecule has 2 saturated heterocycles. The van der Waals surface area contributed by atoms with Crippen molar-refractivity contribution in [3.8, 4) is 11.3 Å². The molecule has 1 N–H and O–H groups in total. The summed E-state index contributed by atoms with van der Waals surface area (Å²) in [4.78, 5) is 36.5. The monoisotopic (exact) mass is 469 g/mol. The zero-order valence-electron chi connectivity index (χ0n) is 20.3. The van der Waals surface area contributed by atoms with Crippen molar-refractivity contribution in [1.29, 1.82) is 0 Å². The van der Waals surface area contributed by atoms with Crippen LogP contribution in [0, 0.1) is 5.92 Å². The number of aromatic amines is 1. The van der Waals surface area contributed by atoms with Gasteiger partial charge in [-0.1, -0.05) is 13.0 Å². The molecule has 7 heteroatoms. The van der Waals surface area contributed by atoms with Crippen molar-refractivity contribution in [3.63, 3.8) is 0 Å². The van der Waals surface area contributed by atoms with Gasteiger partial charge in [-0.15, -0.1) is 0 Å². The number of carbonyl (C=O) groups excluding carboxylic acids is 2. The lowest BCUT2D eigenvalue weighted by atomic mass is 9.88. The Labute approximate surface area is 204 Å². The van der Waals surface area contributed by atoms with Gasteiger partial charge in [-0.2, -0.15) is 0 Å². The van der Waals surface area contributed by atoms with Crippen molar-refractivity contribution >= 4 is 28.4 Å². The van der Waals surface area contributed by atoms with Crippen LogP contribution in [-0.2, 0) is 16.0 Å². The summed E-state index contributed by atoms with van der Waals surface area (Å²) >= 11 is 0. The highest BCUT2D eigenvalue weighted by Gasteiger charge is 2.36. The van der Waals surface area contributed by atoms with Crippen molar-refractivity contribution in [1.82, 2.24) is 24.2 Å². The summed E-state index contributed by atoms with van der Waals surface area (Å²) in [6.45, 7) is 4.29. The van der Waals surface area contributed by atoms with Crippen molar-refractivity contribution in [2.75, 3.05) is 26.7 Å². The highest BCUT2D eigenvalue weighted by Crippen LogP contribution is 2.36. The zero-order chi connectivity index (χ0) is 24.1. The van der Waals surface area contributed by atoms with Crippen molar-refractivity contribution in [2.45, 2.75) is 38.5 Å². The molecule has 2 aliphatic heterocycles. The van der Waals surface area contributed by atoms with Crippen molar-refractivity contribution in [2.24, 2.45) is 5.92 Å². The van der Waals surface area contributed by atoms with E-state index in [1.54, 1.807) is 11.9 Å². The second-order valence-electron chi connectivity index (χ2n) is 10.0. The van der Waals surface area contributed by atoms with E-state index in [-0.39, 0.29) is 17.7 Å². The Bertz CT molecular complexity index is 1430. The molecule has 3 aromatic heterocycles. The van der Waals surface area contributed by atoms with E-state index >= 15 is 0 Å². The molecular weight excluding hydrogens is 438 g/mol. The number of aromatic nitrogens is 3. The summed E-state index contributed by atoms with van der Waals surface area (Å²) < 4.78 is 2.06. The van der Waals surface area contributed by atoms with Crippen LogP contribution >= 0.6 is 0 Å². The highest BCUT2D eigenvalue weighted by molar-refractivity contribution is 5.91. The van der Waals surface area contributed by atoms with Crippen LogP contribution in [0.2, 0.25) is 0 Å². The van der Waals surface area contributed by atoms with Crippen LogP contribution in [0.4, 0.5) is 0 Å². The minimum Gasteiger partial charge on any atom is -0.354 e. The Morgan fingerprint density at radius 1 is 1.17 bits per heavy atom. The number of fused-ring (bicyclic) bond motifs is 2. The maximum atomic E-state index is 12.9. The first-order chi connectivity index (χ1) is 17.0. The number of amides is 2. The summed E-state index contributed by atoms with van der Waals surface area (Å²) in [6.07, 6.45) is 9.16. The number of imidazole rings is 1. The first-order valence-corrected chi connectivity index (χ1v) is 12.6. The normalized spacial score (nSPS) is 19.4. The van der Waals surface area contributed by atoms with E-state index in [2.05, 4.69) is 57.8 Å². The number of H-pyrrole nitrogens is 1. The van der Waals surface area contributed by atoms with Gasteiger partial charge < -0.3 is 19.2 Å². The number of rotatable bonds is 4. The molecular formula is C28H31N5O2. The number of aryl methyl sites for hydroxylation is 1. The third-order valence-corrected chi connectivity index (χ3v) is 7.93. The van der Waals surface area contributed by atoms with Gasteiger partial charge in [-0.3, -0.25) is 9.59 Å². The van der Waals surface area contributed by atoms with Crippen LogP contribution in [0.1, 0.15) is 43.2 Å². The van der Waals surface area contributed by atoms with Gasteiger partial charge >= 0.3 is 0 Å². The molecule has 6 rings (SSSR count). The Hall–Kier alpha value is -3.61. The molecule has 7 nitrogen and oxygen atoms in total. The fraction of sp³-hybridized carbons (Fsp3) is 0.393. The highest BCUT2D eigenvalue weighted by atomic mass is 16.2. The number of benzene rings is 1. The van der Waals surface area contributed by atoms with Gasteiger partial charge in [0.15, 0.2) is 0 Å². The number of hydrogen-bond acceptors (Lipinski definition) is 3. The Morgan fingerprint density at radius 3 is 2.74 bits per heavy atom. The lowest BCUT2D eigenvalue weighted by Gasteiger charge is -2.33. The van der Waals surface area contributed by atoms with E-state index in [0.717, 1.165) is 49.1 Å². The zero-order valence-corrected chi connectivity index (χ0v) is 20.3. The minimum atomic E-state index is -0.174. The van der Waals surface area contributed by atoms with Crippen LogP contribution in [-0.4, -0.2) is 62.7 Å². The van der Waals surface area contributed by atoms with Crippen LogP contribution in [0.5, 0.6) is 0 Å². The second-order valence-corrected chi connectivity index (χ2v) is 10.0. The molecule has 0 saturated carbocycles. The number of carbonyl (C=O) groups is 2. The molecule has 2 fully saturated rings. The van der Waals surface area contributed by atoms with Gasteiger partial charge in [0.1, 0.15) is 5.65 Å². The molecule has 0 bridgehead atoms. The fourth-order valence-corrected chi connectivity index (χ4v) is 5.92.